The van der Waals surface area contributed by atoms with Gasteiger partial charge in [0.05, 0.1) is 0 Å². The fourth-order valence-electron chi connectivity index (χ4n) is 1.68. The van der Waals surface area contributed by atoms with Gasteiger partial charge in [0.1, 0.15) is 0 Å². The second-order valence-electron chi connectivity index (χ2n) is 4.01. The first-order valence-electron chi connectivity index (χ1n) is 4.69. The van der Waals surface area contributed by atoms with E-state index in [9.17, 15) is 8.42 Å². The Hall–Kier alpha value is 0.350. The van der Waals surface area contributed by atoms with Crippen molar-refractivity contribution in [3.05, 3.63) is 0 Å². The molecule has 0 amide bonds. The van der Waals surface area contributed by atoms with Gasteiger partial charge in [0.15, 0.2) is 0 Å². The van der Waals surface area contributed by atoms with E-state index in [4.69, 9.17) is 0 Å². The second kappa shape index (κ2) is 4.47. The smallest absolute Gasteiger partial charge is 0.195 e. The molecule has 1 rings (SSSR count). The summed E-state index contributed by atoms with van der Waals surface area (Å²) in [6.07, 6.45) is 4.04. The largest absolute Gasteiger partial charge is 0.279 e. The summed E-state index contributed by atoms with van der Waals surface area (Å²) in [5.41, 5.74) is -0.261. The molecular weight excluding hydrogens is 268 g/mol. The fraction of sp³-hybridized carbons (Fsp3) is 1.00. The van der Waals surface area contributed by atoms with Crippen molar-refractivity contribution in [2.45, 2.75) is 31.2 Å². The summed E-state index contributed by atoms with van der Waals surface area (Å²) in [6, 6.07) is 0. The van der Waals surface area contributed by atoms with Gasteiger partial charge in [-0.1, -0.05) is 28.8 Å². The van der Waals surface area contributed by atoms with E-state index < -0.39 is 10.2 Å². The first-order chi connectivity index (χ1) is 6.42. The molecule has 0 aromatic rings. The first-order valence-corrected chi connectivity index (χ1v) is 7.25. The minimum absolute atomic E-state index is 0.261. The zero-order chi connectivity index (χ0) is 10.8. The van der Waals surface area contributed by atoms with Gasteiger partial charge < -0.3 is 0 Å². The van der Waals surface area contributed by atoms with Crippen LogP contribution in [0.1, 0.15) is 25.7 Å². The lowest BCUT2D eigenvalue weighted by Gasteiger charge is -2.29. The Kier molecular flexibility index (Phi) is 3.96. The third kappa shape index (κ3) is 2.68. The van der Waals surface area contributed by atoms with Crippen LogP contribution >= 0.6 is 15.9 Å². The van der Waals surface area contributed by atoms with Crippen LogP contribution in [0.2, 0.25) is 0 Å². The highest BCUT2D eigenvalue weighted by Crippen LogP contribution is 2.31. The van der Waals surface area contributed by atoms with E-state index in [2.05, 4.69) is 20.7 Å². The van der Waals surface area contributed by atoms with E-state index in [0.29, 0.717) is 5.33 Å². The maximum Gasteiger partial charge on any atom is 0.279 e. The standard InChI is InChI=1S/C8H17BrN2O2S/c1-11(2)14(12,13)10-8(7-9)5-3-4-6-8/h10H,3-7H2,1-2H3. The molecule has 0 atom stereocenters. The fourth-order valence-corrected chi connectivity index (χ4v) is 3.57. The minimum atomic E-state index is -3.30. The highest BCUT2D eigenvalue weighted by Gasteiger charge is 2.37. The van der Waals surface area contributed by atoms with E-state index in [-0.39, 0.29) is 5.54 Å². The van der Waals surface area contributed by atoms with Gasteiger partial charge >= 0.3 is 0 Å². The van der Waals surface area contributed by atoms with Crippen LogP contribution < -0.4 is 4.72 Å². The topological polar surface area (TPSA) is 49.4 Å². The van der Waals surface area contributed by atoms with Crippen LogP contribution in [-0.2, 0) is 10.2 Å². The van der Waals surface area contributed by atoms with Crippen molar-refractivity contribution >= 4 is 26.1 Å². The lowest BCUT2D eigenvalue weighted by atomic mass is 10.0. The Morgan fingerprint density at radius 2 is 1.86 bits per heavy atom. The molecule has 0 heterocycles. The lowest BCUT2D eigenvalue weighted by Crippen LogP contribution is -2.51. The monoisotopic (exact) mass is 284 g/mol. The Labute approximate surface area is 94.4 Å². The molecule has 0 aromatic heterocycles. The van der Waals surface area contributed by atoms with Crippen LogP contribution in [0.25, 0.3) is 0 Å². The Bertz CT molecular complexity index is 284. The third-order valence-electron chi connectivity index (χ3n) is 2.64. The van der Waals surface area contributed by atoms with Gasteiger partial charge in [-0.15, -0.1) is 0 Å². The summed E-state index contributed by atoms with van der Waals surface area (Å²) in [7, 11) is -0.217. The lowest BCUT2D eigenvalue weighted by molar-refractivity contribution is 0.414. The molecule has 1 fully saturated rings. The number of hydrogen-bond donors (Lipinski definition) is 1. The van der Waals surface area contributed by atoms with Crippen molar-refractivity contribution in [2.24, 2.45) is 0 Å². The second-order valence-corrected chi connectivity index (χ2v) is 6.46. The van der Waals surface area contributed by atoms with Crippen LogP contribution in [0.3, 0.4) is 0 Å². The van der Waals surface area contributed by atoms with E-state index >= 15 is 0 Å². The van der Waals surface area contributed by atoms with Crippen LogP contribution in [0.15, 0.2) is 0 Å². The molecule has 0 unspecified atom stereocenters. The molecule has 1 aliphatic carbocycles. The van der Waals surface area contributed by atoms with Gasteiger partial charge in [-0.25, -0.2) is 0 Å². The maximum absolute atomic E-state index is 11.6. The first kappa shape index (κ1) is 12.4. The highest BCUT2D eigenvalue weighted by molar-refractivity contribution is 9.09. The molecule has 1 N–H and O–H groups in total. The van der Waals surface area contributed by atoms with Crippen molar-refractivity contribution in [2.75, 3.05) is 19.4 Å². The Morgan fingerprint density at radius 1 is 1.36 bits per heavy atom. The average Bonchev–Trinajstić information content (AvgIpc) is 2.53. The van der Waals surface area contributed by atoms with Gasteiger partial charge in [-0.05, 0) is 12.8 Å². The van der Waals surface area contributed by atoms with Gasteiger partial charge in [0.25, 0.3) is 10.2 Å². The predicted molar refractivity (Wildman–Crippen MR) is 60.7 cm³/mol. The molecule has 6 heteroatoms. The van der Waals surface area contributed by atoms with Crippen molar-refractivity contribution in [3.63, 3.8) is 0 Å². The Morgan fingerprint density at radius 3 is 2.21 bits per heavy atom. The van der Waals surface area contributed by atoms with Gasteiger partial charge in [0, 0.05) is 25.0 Å². The summed E-state index contributed by atoms with van der Waals surface area (Å²) in [5.74, 6) is 0. The molecule has 1 saturated carbocycles. The molecule has 4 nitrogen and oxygen atoms in total. The number of hydrogen-bond acceptors (Lipinski definition) is 2. The van der Waals surface area contributed by atoms with E-state index in [1.165, 1.54) is 4.31 Å². The van der Waals surface area contributed by atoms with Gasteiger partial charge in [-0.3, -0.25) is 0 Å². The summed E-state index contributed by atoms with van der Waals surface area (Å²) in [5, 5.41) is 0.688. The number of halogens is 1. The van der Waals surface area contributed by atoms with Crippen molar-refractivity contribution in [1.82, 2.24) is 9.03 Å². The van der Waals surface area contributed by atoms with E-state index in [0.717, 1.165) is 25.7 Å². The number of nitrogens with zero attached hydrogens (tertiary/aromatic N) is 1. The van der Waals surface area contributed by atoms with Crippen LogP contribution in [0.5, 0.6) is 0 Å². The molecule has 0 aliphatic heterocycles. The summed E-state index contributed by atoms with van der Waals surface area (Å²) < 4.78 is 27.3. The van der Waals surface area contributed by atoms with Crippen molar-refractivity contribution in [3.8, 4) is 0 Å². The molecule has 0 aromatic carbocycles. The summed E-state index contributed by atoms with van der Waals surface area (Å²) in [4.78, 5) is 0. The normalized spacial score (nSPS) is 21.7. The van der Waals surface area contributed by atoms with E-state index in [1.807, 2.05) is 0 Å². The molecule has 0 bridgehead atoms. The SMILES string of the molecule is CN(C)S(=O)(=O)NC1(CBr)CCCC1. The van der Waals surface area contributed by atoms with Crippen LogP contribution in [0, 0.1) is 0 Å². The van der Waals surface area contributed by atoms with Gasteiger partial charge in [-0.2, -0.15) is 17.4 Å². The molecule has 1 aliphatic rings. The summed E-state index contributed by atoms with van der Waals surface area (Å²) in [6.45, 7) is 0. The quantitative estimate of drug-likeness (QED) is 0.786. The predicted octanol–water partition coefficient (Wildman–Crippen LogP) is 1.09. The van der Waals surface area contributed by atoms with Crippen LogP contribution in [-0.4, -0.2) is 37.7 Å². The third-order valence-corrected chi connectivity index (χ3v) is 5.37. The maximum atomic E-state index is 11.6. The van der Waals surface area contributed by atoms with Crippen LogP contribution in [0.4, 0.5) is 0 Å². The number of nitrogens with one attached hydrogen (secondary N) is 1. The van der Waals surface area contributed by atoms with E-state index in [1.54, 1.807) is 14.1 Å². The molecule has 84 valence electrons. The number of alkyl halides is 1. The van der Waals surface area contributed by atoms with Gasteiger partial charge in [0.2, 0.25) is 0 Å². The average molecular weight is 285 g/mol. The molecule has 0 spiro atoms. The summed E-state index contributed by atoms with van der Waals surface area (Å²) >= 11 is 3.39. The number of rotatable bonds is 4. The Balaban J connectivity index is 2.75. The molecular formula is C8H17BrN2O2S. The zero-order valence-corrected chi connectivity index (χ0v) is 11.0. The molecule has 14 heavy (non-hydrogen) atoms. The molecule has 0 radical (unpaired) electrons. The highest BCUT2D eigenvalue weighted by atomic mass is 79.9. The minimum Gasteiger partial charge on any atom is -0.195 e. The van der Waals surface area contributed by atoms with Crippen molar-refractivity contribution < 1.29 is 8.42 Å². The molecule has 0 saturated heterocycles. The zero-order valence-electron chi connectivity index (χ0n) is 8.59. The van der Waals surface area contributed by atoms with Crippen molar-refractivity contribution in [1.29, 1.82) is 0 Å².